The molecule has 1 heterocycles. The fourth-order valence-electron chi connectivity index (χ4n) is 0.880. The smallest absolute Gasteiger partial charge is 0.224 e. The highest BCUT2D eigenvalue weighted by molar-refractivity contribution is 9.10. The number of aromatic nitrogens is 1. The topological polar surface area (TPSA) is 50.3 Å². The molecule has 0 saturated heterocycles. The van der Waals surface area contributed by atoms with E-state index in [1.165, 1.54) is 15.6 Å². The summed E-state index contributed by atoms with van der Waals surface area (Å²) < 4.78 is 24.0. The van der Waals surface area contributed by atoms with Gasteiger partial charge in [-0.15, -0.1) is 11.3 Å². The van der Waals surface area contributed by atoms with Crippen molar-refractivity contribution in [3.63, 3.8) is 0 Å². The minimum absolute atomic E-state index is 0.0473. The first-order chi connectivity index (χ1) is 6.45. The van der Waals surface area contributed by atoms with Gasteiger partial charge in [0.25, 0.3) is 0 Å². The van der Waals surface area contributed by atoms with Crippen LogP contribution in [0.4, 0.5) is 0 Å². The molecule has 1 aromatic rings. The maximum atomic E-state index is 11.4. The summed E-state index contributed by atoms with van der Waals surface area (Å²) in [5, 5.41) is 0.949. The molecular weight excluding hydrogens is 288 g/mol. The Bertz CT molecular complexity index is 402. The molecule has 0 aromatic carbocycles. The van der Waals surface area contributed by atoms with Crippen molar-refractivity contribution < 1.29 is 8.42 Å². The van der Waals surface area contributed by atoms with Gasteiger partial charge in [0, 0.05) is 24.7 Å². The zero-order valence-electron chi connectivity index (χ0n) is 7.90. The fourth-order valence-corrected chi connectivity index (χ4v) is 3.36. The first kappa shape index (κ1) is 12.1. The van der Waals surface area contributed by atoms with E-state index in [1.54, 1.807) is 13.2 Å². The monoisotopic (exact) mass is 298 g/mol. The van der Waals surface area contributed by atoms with Crippen LogP contribution in [-0.4, -0.2) is 29.4 Å². The summed E-state index contributed by atoms with van der Waals surface area (Å²) in [6.07, 6.45) is 1.71. The molecule has 14 heavy (non-hydrogen) atoms. The van der Waals surface area contributed by atoms with Gasteiger partial charge in [-0.1, -0.05) is 15.9 Å². The standard InChI is InChI=1S/C7H11BrN2O2S2/c1-6-9-3-7(13-6)4-10(2)14(11,12)5-8/h3H,4-5H2,1-2H3. The van der Waals surface area contributed by atoms with Gasteiger partial charge in [-0.2, -0.15) is 4.31 Å². The largest absolute Gasteiger partial charge is 0.250 e. The quantitative estimate of drug-likeness (QED) is 0.793. The van der Waals surface area contributed by atoms with E-state index < -0.39 is 10.0 Å². The minimum atomic E-state index is -3.16. The van der Waals surface area contributed by atoms with Crippen LogP contribution in [0.25, 0.3) is 0 Å². The van der Waals surface area contributed by atoms with Crippen molar-refractivity contribution in [3.05, 3.63) is 16.1 Å². The lowest BCUT2D eigenvalue weighted by molar-refractivity contribution is 0.474. The molecular formula is C7H11BrN2O2S2. The highest BCUT2D eigenvalue weighted by Gasteiger charge is 2.16. The number of hydrogen-bond donors (Lipinski definition) is 0. The molecule has 0 unspecified atom stereocenters. The lowest BCUT2D eigenvalue weighted by Gasteiger charge is -2.13. The second-order valence-electron chi connectivity index (χ2n) is 2.82. The molecule has 7 heteroatoms. The Balaban J connectivity index is 2.71. The van der Waals surface area contributed by atoms with Crippen molar-refractivity contribution in [2.75, 3.05) is 11.7 Å². The molecule has 1 aromatic heterocycles. The third kappa shape index (κ3) is 3.01. The Morgan fingerprint density at radius 3 is 2.71 bits per heavy atom. The van der Waals surface area contributed by atoms with Crippen LogP contribution in [0.5, 0.6) is 0 Å². The van der Waals surface area contributed by atoms with E-state index in [0.29, 0.717) is 6.54 Å². The molecule has 0 N–H and O–H groups in total. The molecule has 0 spiro atoms. The molecule has 0 aliphatic carbocycles. The molecule has 0 fully saturated rings. The van der Waals surface area contributed by atoms with Crippen LogP contribution in [-0.2, 0) is 16.6 Å². The average Bonchev–Trinajstić information content (AvgIpc) is 2.51. The van der Waals surface area contributed by atoms with Gasteiger partial charge in [-0.3, -0.25) is 0 Å². The molecule has 0 radical (unpaired) electrons. The zero-order valence-corrected chi connectivity index (χ0v) is 11.1. The third-order valence-electron chi connectivity index (χ3n) is 1.66. The number of hydrogen-bond acceptors (Lipinski definition) is 4. The maximum Gasteiger partial charge on any atom is 0.224 e. The number of rotatable bonds is 4. The predicted molar refractivity (Wildman–Crippen MR) is 61.0 cm³/mol. The minimum Gasteiger partial charge on any atom is -0.250 e. The van der Waals surface area contributed by atoms with Crippen molar-refractivity contribution in [1.82, 2.24) is 9.29 Å². The first-order valence-electron chi connectivity index (χ1n) is 3.87. The van der Waals surface area contributed by atoms with Crippen LogP contribution < -0.4 is 0 Å². The van der Waals surface area contributed by atoms with E-state index in [4.69, 9.17) is 0 Å². The molecule has 0 saturated carbocycles. The summed E-state index contributed by atoms with van der Waals surface area (Å²) in [6, 6.07) is 0. The van der Waals surface area contributed by atoms with Gasteiger partial charge in [-0.25, -0.2) is 13.4 Å². The number of sulfonamides is 1. The first-order valence-corrected chi connectivity index (χ1v) is 7.41. The second kappa shape index (κ2) is 4.69. The highest BCUT2D eigenvalue weighted by atomic mass is 79.9. The summed E-state index contributed by atoms with van der Waals surface area (Å²) >= 11 is 4.46. The van der Waals surface area contributed by atoms with Crippen LogP contribution in [0.2, 0.25) is 0 Å². The third-order valence-corrected chi connectivity index (χ3v) is 5.65. The van der Waals surface area contributed by atoms with Crippen molar-refractivity contribution in [1.29, 1.82) is 0 Å². The normalized spacial score (nSPS) is 12.3. The van der Waals surface area contributed by atoms with E-state index >= 15 is 0 Å². The fraction of sp³-hybridized carbons (Fsp3) is 0.571. The molecule has 4 nitrogen and oxygen atoms in total. The van der Waals surface area contributed by atoms with Crippen molar-refractivity contribution in [3.8, 4) is 0 Å². The number of alkyl halides is 1. The number of thiazole rings is 1. The van der Waals surface area contributed by atoms with Gasteiger partial charge in [0.15, 0.2) is 0 Å². The molecule has 0 aliphatic rings. The number of nitrogens with zero attached hydrogens (tertiary/aromatic N) is 2. The van der Waals surface area contributed by atoms with Crippen LogP contribution in [0.1, 0.15) is 9.88 Å². The predicted octanol–water partition coefficient (Wildman–Crippen LogP) is 1.57. The Morgan fingerprint density at radius 1 is 1.64 bits per heavy atom. The Kier molecular flexibility index (Phi) is 4.05. The maximum absolute atomic E-state index is 11.4. The van der Waals surface area contributed by atoms with Crippen LogP contribution in [0.15, 0.2) is 6.20 Å². The van der Waals surface area contributed by atoms with Gasteiger partial charge in [-0.05, 0) is 6.92 Å². The summed E-state index contributed by atoms with van der Waals surface area (Å²) in [6.45, 7) is 2.28. The Labute approximate surface area is 96.1 Å². The van der Waals surface area contributed by atoms with Crippen molar-refractivity contribution >= 4 is 37.3 Å². The summed E-state index contributed by atoms with van der Waals surface area (Å²) in [5.74, 6) is 0. The lowest BCUT2D eigenvalue weighted by atomic mass is 10.5. The molecule has 1 rings (SSSR count). The van der Waals surface area contributed by atoms with Crippen LogP contribution >= 0.6 is 27.3 Å². The van der Waals surface area contributed by atoms with Crippen molar-refractivity contribution in [2.45, 2.75) is 13.5 Å². The molecule has 0 atom stereocenters. The summed E-state index contributed by atoms with van der Waals surface area (Å²) in [5.41, 5.74) is 0. The molecule has 0 aliphatic heterocycles. The Morgan fingerprint density at radius 2 is 2.29 bits per heavy atom. The van der Waals surface area contributed by atoms with Gasteiger partial charge < -0.3 is 0 Å². The number of aryl methyl sites for hydroxylation is 1. The van der Waals surface area contributed by atoms with Gasteiger partial charge in [0.1, 0.15) is 4.66 Å². The lowest BCUT2D eigenvalue weighted by Crippen LogP contribution is -2.26. The average molecular weight is 299 g/mol. The molecule has 80 valence electrons. The Hall–Kier alpha value is 0.0200. The highest BCUT2D eigenvalue weighted by Crippen LogP contribution is 2.15. The number of halogens is 1. The van der Waals surface area contributed by atoms with E-state index in [9.17, 15) is 8.42 Å². The zero-order chi connectivity index (χ0) is 10.8. The second-order valence-corrected chi connectivity index (χ2v) is 7.52. The summed E-state index contributed by atoms with van der Waals surface area (Å²) in [7, 11) is -1.60. The van der Waals surface area contributed by atoms with Crippen LogP contribution in [0.3, 0.4) is 0 Å². The molecule has 0 amide bonds. The van der Waals surface area contributed by atoms with E-state index in [-0.39, 0.29) is 4.66 Å². The van der Waals surface area contributed by atoms with Crippen molar-refractivity contribution in [2.24, 2.45) is 0 Å². The van der Waals surface area contributed by atoms with E-state index in [1.807, 2.05) is 6.92 Å². The van der Waals surface area contributed by atoms with Crippen LogP contribution in [0, 0.1) is 6.92 Å². The van der Waals surface area contributed by atoms with E-state index in [0.717, 1.165) is 9.88 Å². The van der Waals surface area contributed by atoms with Gasteiger partial charge in [0.2, 0.25) is 10.0 Å². The SMILES string of the molecule is Cc1ncc(CN(C)S(=O)(=O)CBr)s1. The van der Waals surface area contributed by atoms with Gasteiger partial charge in [0.05, 0.1) is 5.01 Å². The van der Waals surface area contributed by atoms with E-state index in [2.05, 4.69) is 20.9 Å². The summed E-state index contributed by atoms with van der Waals surface area (Å²) in [4.78, 5) is 5.02. The molecule has 0 bridgehead atoms. The van der Waals surface area contributed by atoms with Gasteiger partial charge >= 0.3 is 0 Å².